The first kappa shape index (κ1) is 20.4. The summed E-state index contributed by atoms with van der Waals surface area (Å²) in [5.41, 5.74) is 1.73. The number of carbonyl (C=O) groups excluding carboxylic acids is 1. The lowest BCUT2D eigenvalue weighted by molar-refractivity contribution is -0.142. The quantitative estimate of drug-likeness (QED) is 0.808. The molecular formula is C18H24F3N5O2. The van der Waals surface area contributed by atoms with Gasteiger partial charge in [-0.25, -0.2) is 4.68 Å². The molecule has 1 aliphatic rings. The van der Waals surface area contributed by atoms with Crippen molar-refractivity contribution in [2.45, 2.75) is 65.4 Å². The largest absolute Gasteiger partial charge is 0.435 e. The molecule has 0 unspecified atom stereocenters. The van der Waals surface area contributed by atoms with Crippen molar-refractivity contribution < 1.29 is 22.7 Å². The minimum Gasteiger partial charge on any atom is -0.362 e. The van der Waals surface area contributed by atoms with Gasteiger partial charge in [-0.1, -0.05) is 6.92 Å². The Hall–Kier alpha value is -2.36. The second kappa shape index (κ2) is 7.57. The summed E-state index contributed by atoms with van der Waals surface area (Å²) in [6, 6.07) is -0.826. The van der Waals surface area contributed by atoms with E-state index in [4.69, 9.17) is 4.74 Å². The number of methoxy groups -OCH3 is 1. The molecule has 1 atom stereocenters. The van der Waals surface area contributed by atoms with Gasteiger partial charge in [0.25, 0.3) is 0 Å². The first-order chi connectivity index (χ1) is 13.2. The molecule has 0 aromatic carbocycles. The lowest BCUT2D eigenvalue weighted by Gasteiger charge is -2.18. The van der Waals surface area contributed by atoms with E-state index in [1.807, 2.05) is 0 Å². The van der Waals surface area contributed by atoms with Crippen LogP contribution in [0, 0.1) is 13.8 Å². The number of anilines is 1. The van der Waals surface area contributed by atoms with Gasteiger partial charge in [0.05, 0.1) is 17.1 Å². The van der Waals surface area contributed by atoms with Gasteiger partial charge in [0.15, 0.2) is 5.69 Å². The van der Waals surface area contributed by atoms with Crippen LogP contribution in [0.25, 0.3) is 0 Å². The molecule has 0 bridgehead atoms. The van der Waals surface area contributed by atoms with Gasteiger partial charge in [-0.3, -0.25) is 9.48 Å². The number of ether oxygens (including phenoxy) is 1. The van der Waals surface area contributed by atoms with Gasteiger partial charge in [-0.15, -0.1) is 0 Å². The number of alkyl halides is 3. The predicted molar refractivity (Wildman–Crippen MR) is 95.9 cm³/mol. The minimum absolute atomic E-state index is 0.221. The zero-order valence-corrected chi connectivity index (χ0v) is 16.4. The number of fused-ring (bicyclic) bond motifs is 1. The second-order valence-corrected chi connectivity index (χ2v) is 6.95. The molecule has 154 valence electrons. The molecule has 1 N–H and O–H groups in total. The van der Waals surface area contributed by atoms with E-state index in [-0.39, 0.29) is 12.3 Å². The number of nitrogens with zero attached hydrogens (tertiary/aromatic N) is 4. The molecule has 0 aliphatic heterocycles. The van der Waals surface area contributed by atoms with Crippen LogP contribution in [0.5, 0.6) is 0 Å². The molecule has 0 fully saturated rings. The Kier molecular flexibility index (Phi) is 5.51. The van der Waals surface area contributed by atoms with Crippen LogP contribution >= 0.6 is 0 Å². The van der Waals surface area contributed by atoms with Crippen LogP contribution in [0.2, 0.25) is 0 Å². The Bertz CT molecular complexity index is 885. The van der Waals surface area contributed by atoms with Gasteiger partial charge in [0, 0.05) is 18.4 Å². The third kappa shape index (κ3) is 3.52. The highest BCUT2D eigenvalue weighted by Gasteiger charge is 2.41. The van der Waals surface area contributed by atoms with Gasteiger partial charge in [0.2, 0.25) is 5.91 Å². The molecular weight excluding hydrogens is 375 g/mol. The van der Waals surface area contributed by atoms with Crippen LogP contribution in [-0.2, 0) is 35.3 Å². The van der Waals surface area contributed by atoms with Crippen LogP contribution in [-0.4, -0.2) is 32.6 Å². The van der Waals surface area contributed by atoms with Gasteiger partial charge in [0.1, 0.15) is 12.8 Å². The molecule has 7 nitrogen and oxygen atoms in total. The first-order valence-corrected chi connectivity index (χ1v) is 9.20. The number of carbonyl (C=O) groups is 1. The average molecular weight is 399 g/mol. The summed E-state index contributed by atoms with van der Waals surface area (Å²) in [7, 11) is 1.54. The van der Waals surface area contributed by atoms with Crippen molar-refractivity contribution in [3.8, 4) is 0 Å². The molecule has 1 aliphatic carbocycles. The van der Waals surface area contributed by atoms with Crippen molar-refractivity contribution in [1.29, 1.82) is 0 Å². The standard InChI is InChI=1S/C18H24F3N5O2/c1-5-13(17(27)22-15-10(2)23-25(9-28-4)11(15)3)26-14-8-6-7-12(14)16(24-26)18(19,20)21/h13H,5-9H2,1-4H3,(H,22,27)/t13-/m1/s1. The van der Waals surface area contributed by atoms with E-state index < -0.39 is 23.8 Å². The average Bonchev–Trinajstić information content (AvgIpc) is 3.27. The molecule has 28 heavy (non-hydrogen) atoms. The number of hydrogen-bond donors (Lipinski definition) is 1. The summed E-state index contributed by atoms with van der Waals surface area (Å²) in [6.07, 6.45) is -2.74. The molecule has 0 saturated carbocycles. The Morgan fingerprint density at radius 2 is 2.00 bits per heavy atom. The van der Waals surface area contributed by atoms with Gasteiger partial charge in [-0.2, -0.15) is 23.4 Å². The molecule has 2 heterocycles. The Morgan fingerprint density at radius 1 is 1.29 bits per heavy atom. The summed E-state index contributed by atoms with van der Waals surface area (Å²) < 4.78 is 48.0. The maximum absolute atomic E-state index is 13.4. The summed E-state index contributed by atoms with van der Waals surface area (Å²) in [4.78, 5) is 13.0. The topological polar surface area (TPSA) is 74.0 Å². The van der Waals surface area contributed by atoms with E-state index in [9.17, 15) is 18.0 Å². The highest BCUT2D eigenvalue weighted by Crippen LogP contribution is 2.38. The van der Waals surface area contributed by atoms with Crippen molar-refractivity contribution in [2.75, 3.05) is 12.4 Å². The Labute approximate surface area is 160 Å². The smallest absolute Gasteiger partial charge is 0.362 e. The molecule has 0 radical (unpaired) electrons. The lowest BCUT2D eigenvalue weighted by Crippen LogP contribution is -2.28. The normalized spacial score (nSPS) is 15.0. The highest BCUT2D eigenvalue weighted by molar-refractivity contribution is 5.94. The number of aromatic nitrogens is 4. The summed E-state index contributed by atoms with van der Waals surface area (Å²) in [5.74, 6) is -0.406. The van der Waals surface area contributed by atoms with Crippen LogP contribution in [0.1, 0.15) is 54.1 Å². The lowest BCUT2D eigenvalue weighted by atomic mass is 10.1. The summed E-state index contributed by atoms with van der Waals surface area (Å²) in [5, 5.41) is 10.9. The van der Waals surface area contributed by atoms with Crippen molar-refractivity contribution >= 4 is 11.6 Å². The van der Waals surface area contributed by atoms with E-state index in [1.165, 1.54) is 4.68 Å². The monoisotopic (exact) mass is 399 g/mol. The number of amides is 1. The third-order valence-corrected chi connectivity index (χ3v) is 5.09. The molecule has 10 heteroatoms. The van der Waals surface area contributed by atoms with Gasteiger partial charge >= 0.3 is 6.18 Å². The van der Waals surface area contributed by atoms with Crippen LogP contribution < -0.4 is 5.32 Å². The second-order valence-electron chi connectivity index (χ2n) is 6.95. The number of halogens is 3. The van der Waals surface area contributed by atoms with Gasteiger partial charge < -0.3 is 10.1 Å². The van der Waals surface area contributed by atoms with Crippen LogP contribution in [0.15, 0.2) is 0 Å². The highest BCUT2D eigenvalue weighted by atomic mass is 19.4. The van der Waals surface area contributed by atoms with Gasteiger partial charge in [-0.05, 0) is 39.5 Å². The molecule has 3 rings (SSSR count). The third-order valence-electron chi connectivity index (χ3n) is 5.09. The molecule has 1 amide bonds. The zero-order valence-electron chi connectivity index (χ0n) is 16.4. The van der Waals surface area contributed by atoms with Crippen molar-refractivity contribution in [1.82, 2.24) is 19.6 Å². The van der Waals surface area contributed by atoms with Crippen molar-refractivity contribution in [2.24, 2.45) is 0 Å². The van der Waals surface area contributed by atoms with Crippen molar-refractivity contribution in [3.05, 3.63) is 28.3 Å². The van der Waals surface area contributed by atoms with Crippen LogP contribution in [0.3, 0.4) is 0 Å². The number of rotatable bonds is 6. The zero-order chi connectivity index (χ0) is 20.6. The first-order valence-electron chi connectivity index (χ1n) is 9.20. The number of aryl methyl sites for hydroxylation is 1. The maximum atomic E-state index is 13.4. The minimum atomic E-state index is -4.52. The number of hydrogen-bond acceptors (Lipinski definition) is 4. The van der Waals surface area contributed by atoms with Crippen molar-refractivity contribution in [3.63, 3.8) is 0 Å². The molecule has 2 aromatic rings. The Morgan fingerprint density at radius 3 is 2.61 bits per heavy atom. The van der Waals surface area contributed by atoms with E-state index >= 15 is 0 Å². The molecule has 0 spiro atoms. The van der Waals surface area contributed by atoms with E-state index in [2.05, 4.69) is 15.5 Å². The predicted octanol–water partition coefficient (Wildman–Crippen LogP) is 3.40. The van der Waals surface area contributed by atoms with Crippen LogP contribution in [0.4, 0.5) is 18.9 Å². The number of nitrogens with one attached hydrogen (secondary N) is 1. The van der Waals surface area contributed by atoms with E-state index in [1.54, 1.807) is 32.6 Å². The summed E-state index contributed by atoms with van der Waals surface area (Å²) in [6.45, 7) is 5.54. The molecule has 2 aromatic heterocycles. The maximum Gasteiger partial charge on any atom is 0.435 e. The van der Waals surface area contributed by atoms with E-state index in [0.29, 0.717) is 48.5 Å². The summed E-state index contributed by atoms with van der Waals surface area (Å²) >= 11 is 0. The molecule has 0 saturated heterocycles. The Balaban J connectivity index is 1.92. The SMILES string of the molecule is CC[C@H](C(=O)Nc1c(C)nn(COC)c1C)n1nc(C(F)(F)F)c2c1CCC2. The fourth-order valence-electron chi connectivity index (χ4n) is 3.75. The fourth-order valence-corrected chi connectivity index (χ4v) is 3.75. The van der Waals surface area contributed by atoms with E-state index in [0.717, 1.165) is 0 Å². The fraction of sp³-hybridized carbons (Fsp3) is 0.611.